The van der Waals surface area contributed by atoms with Gasteiger partial charge in [0.1, 0.15) is 29.2 Å². The number of aromatic nitrogens is 7. The van der Waals surface area contributed by atoms with Crippen LogP contribution in [-0.4, -0.2) is 35.1 Å². The maximum Gasteiger partial charge on any atom is 0.138 e. The number of hydrogen-bond donors (Lipinski definition) is 2. The molecule has 0 saturated carbocycles. The minimum absolute atomic E-state index is 0.472. The highest BCUT2D eigenvalue weighted by Gasteiger charge is 2.16. The maximum absolute atomic E-state index is 5.98. The van der Waals surface area contributed by atoms with Crippen molar-refractivity contribution in [3.8, 4) is 39.5 Å². The van der Waals surface area contributed by atoms with E-state index in [-0.39, 0.29) is 0 Å². The second kappa shape index (κ2) is 9.25. The maximum atomic E-state index is 5.98. The summed E-state index contributed by atoms with van der Waals surface area (Å²) in [6.45, 7) is 0.472. The molecule has 0 radical (unpaired) electrons. The highest BCUT2D eigenvalue weighted by molar-refractivity contribution is 5.99. The standard InChI is InChI=1S/C30H21N7O/c1-2-4-19(5-3-1)18-38-22-14-21(16-32-17-22)25-6-7-26-28(34-25)29(37-36-26)27-15-24-23(10-13-33-30(24)35-27)20-8-11-31-12-9-20/h1-17H,18H2,(H,33,35)(H,36,37). The molecule has 0 atom stereocenters. The third-order valence-corrected chi connectivity index (χ3v) is 6.44. The third-order valence-electron chi connectivity index (χ3n) is 6.44. The normalized spacial score (nSPS) is 11.3. The average Bonchev–Trinajstić information content (AvgIpc) is 3.61. The van der Waals surface area contributed by atoms with E-state index in [0.717, 1.165) is 61.4 Å². The van der Waals surface area contributed by atoms with Gasteiger partial charge in [0.2, 0.25) is 0 Å². The summed E-state index contributed by atoms with van der Waals surface area (Å²) in [4.78, 5) is 21.4. The van der Waals surface area contributed by atoms with Crippen molar-refractivity contribution >= 4 is 22.1 Å². The van der Waals surface area contributed by atoms with Gasteiger partial charge in [-0.2, -0.15) is 5.10 Å². The highest BCUT2D eigenvalue weighted by Crippen LogP contribution is 2.33. The topological polar surface area (TPSA) is 105 Å². The number of nitrogens with one attached hydrogen (secondary N) is 2. The van der Waals surface area contributed by atoms with Gasteiger partial charge in [-0.05, 0) is 59.2 Å². The Labute approximate surface area is 217 Å². The van der Waals surface area contributed by atoms with Crippen LogP contribution in [0, 0.1) is 0 Å². The summed E-state index contributed by atoms with van der Waals surface area (Å²) in [7, 11) is 0. The summed E-state index contributed by atoms with van der Waals surface area (Å²) in [6, 6.07) is 24.0. The van der Waals surface area contributed by atoms with Crippen molar-refractivity contribution in [3.05, 3.63) is 109 Å². The van der Waals surface area contributed by atoms with E-state index in [1.807, 2.05) is 66.7 Å². The fourth-order valence-electron chi connectivity index (χ4n) is 4.56. The van der Waals surface area contributed by atoms with Crippen LogP contribution in [0.3, 0.4) is 0 Å². The Morgan fingerprint density at radius 1 is 0.789 bits per heavy atom. The molecule has 2 N–H and O–H groups in total. The Bertz CT molecular complexity index is 1880. The Morgan fingerprint density at radius 3 is 2.58 bits per heavy atom. The summed E-state index contributed by atoms with van der Waals surface area (Å²) in [5, 5.41) is 8.69. The van der Waals surface area contributed by atoms with Crippen molar-refractivity contribution in [3.63, 3.8) is 0 Å². The van der Waals surface area contributed by atoms with Gasteiger partial charge in [-0.15, -0.1) is 0 Å². The predicted molar refractivity (Wildman–Crippen MR) is 146 cm³/mol. The van der Waals surface area contributed by atoms with Crippen molar-refractivity contribution in [1.82, 2.24) is 35.1 Å². The van der Waals surface area contributed by atoms with Crippen molar-refractivity contribution in [2.75, 3.05) is 0 Å². The number of benzene rings is 1. The first-order valence-electron chi connectivity index (χ1n) is 12.2. The zero-order chi connectivity index (χ0) is 25.3. The molecule has 7 rings (SSSR count). The van der Waals surface area contributed by atoms with Gasteiger partial charge < -0.3 is 9.72 Å². The number of rotatable bonds is 6. The lowest BCUT2D eigenvalue weighted by Crippen LogP contribution is -1.96. The van der Waals surface area contributed by atoms with Crippen LogP contribution in [0.4, 0.5) is 0 Å². The Hall–Kier alpha value is -5.37. The lowest BCUT2D eigenvalue weighted by molar-refractivity contribution is 0.305. The van der Waals surface area contributed by atoms with E-state index in [4.69, 9.17) is 9.72 Å². The van der Waals surface area contributed by atoms with E-state index in [2.05, 4.69) is 36.2 Å². The van der Waals surface area contributed by atoms with Gasteiger partial charge in [-0.1, -0.05) is 30.3 Å². The molecule has 6 aromatic heterocycles. The van der Waals surface area contributed by atoms with Gasteiger partial charge in [-0.25, -0.2) is 9.97 Å². The van der Waals surface area contributed by atoms with E-state index in [1.54, 1.807) is 31.0 Å². The lowest BCUT2D eigenvalue weighted by Gasteiger charge is -2.08. The number of fused-ring (bicyclic) bond motifs is 2. The first kappa shape index (κ1) is 21.9. The van der Waals surface area contributed by atoms with Gasteiger partial charge >= 0.3 is 0 Å². The SMILES string of the molecule is c1ccc(COc2cncc(-c3ccc4[nH]nc(-c5cc6c(-c7ccncc7)ccnc6[nH]5)c4n3)c2)cc1. The van der Waals surface area contributed by atoms with Crippen LogP contribution in [-0.2, 0) is 6.61 Å². The van der Waals surface area contributed by atoms with Crippen LogP contribution >= 0.6 is 0 Å². The summed E-state index contributed by atoms with van der Waals surface area (Å²) in [5.74, 6) is 0.686. The fraction of sp³-hybridized carbons (Fsp3) is 0.0333. The number of ether oxygens (including phenoxy) is 1. The number of aromatic amines is 2. The molecule has 1 aromatic carbocycles. The molecule has 7 aromatic rings. The van der Waals surface area contributed by atoms with Crippen molar-refractivity contribution in [1.29, 1.82) is 0 Å². The summed E-state index contributed by atoms with van der Waals surface area (Å²) in [5.41, 5.74) is 8.85. The van der Waals surface area contributed by atoms with E-state index in [1.165, 1.54) is 0 Å². The van der Waals surface area contributed by atoms with Crippen molar-refractivity contribution in [2.45, 2.75) is 6.61 Å². The molecule has 0 amide bonds. The van der Waals surface area contributed by atoms with E-state index in [0.29, 0.717) is 12.4 Å². The van der Waals surface area contributed by atoms with Crippen LogP contribution in [0.25, 0.3) is 55.8 Å². The first-order chi connectivity index (χ1) is 18.8. The average molecular weight is 496 g/mol. The molecule has 182 valence electrons. The minimum Gasteiger partial charge on any atom is -0.487 e. The molecule has 0 bridgehead atoms. The second-order valence-electron chi connectivity index (χ2n) is 8.89. The Morgan fingerprint density at radius 2 is 1.68 bits per heavy atom. The van der Waals surface area contributed by atoms with Crippen LogP contribution < -0.4 is 4.74 Å². The predicted octanol–water partition coefficient (Wildman–Crippen LogP) is 6.20. The number of nitrogens with zero attached hydrogens (tertiary/aromatic N) is 5. The molecule has 0 saturated heterocycles. The zero-order valence-corrected chi connectivity index (χ0v) is 20.2. The summed E-state index contributed by atoms with van der Waals surface area (Å²) < 4.78 is 5.98. The largest absolute Gasteiger partial charge is 0.487 e. The van der Waals surface area contributed by atoms with Gasteiger partial charge in [0.25, 0.3) is 0 Å². The molecule has 0 unspecified atom stereocenters. The van der Waals surface area contributed by atoms with Crippen molar-refractivity contribution < 1.29 is 4.74 Å². The van der Waals surface area contributed by atoms with E-state index in [9.17, 15) is 0 Å². The molecule has 0 fully saturated rings. The molecular formula is C30H21N7O. The zero-order valence-electron chi connectivity index (χ0n) is 20.2. The smallest absolute Gasteiger partial charge is 0.138 e. The number of hydrogen-bond acceptors (Lipinski definition) is 6. The van der Waals surface area contributed by atoms with Gasteiger partial charge in [0, 0.05) is 35.7 Å². The minimum atomic E-state index is 0.472. The Balaban J connectivity index is 1.24. The van der Waals surface area contributed by atoms with Gasteiger partial charge in [0.15, 0.2) is 0 Å². The Kier molecular flexibility index (Phi) is 5.33. The summed E-state index contributed by atoms with van der Waals surface area (Å²) >= 11 is 0. The van der Waals surface area contributed by atoms with Gasteiger partial charge in [0.05, 0.1) is 23.1 Å². The summed E-state index contributed by atoms with van der Waals surface area (Å²) in [6.07, 6.45) is 8.89. The highest BCUT2D eigenvalue weighted by atomic mass is 16.5. The molecule has 0 aliphatic heterocycles. The monoisotopic (exact) mass is 495 g/mol. The fourth-order valence-corrected chi connectivity index (χ4v) is 4.56. The second-order valence-corrected chi connectivity index (χ2v) is 8.89. The number of H-pyrrole nitrogens is 2. The van der Waals surface area contributed by atoms with Crippen LogP contribution in [0.5, 0.6) is 5.75 Å². The molecule has 0 aliphatic rings. The first-order valence-corrected chi connectivity index (χ1v) is 12.2. The van der Waals surface area contributed by atoms with Crippen LogP contribution in [0.2, 0.25) is 0 Å². The quantitative estimate of drug-likeness (QED) is 0.284. The molecule has 6 heterocycles. The van der Waals surface area contributed by atoms with Crippen LogP contribution in [0.1, 0.15) is 5.56 Å². The molecule has 0 aliphatic carbocycles. The molecule has 0 spiro atoms. The van der Waals surface area contributed by atoms with Crippen molar-refractivity contribution in [2.24, 2.45) is 0 Å². The molecule has 38 heavy (non-hydrogen) atoms. The van der Waals surface area contributed by atoms with E-state index < -0.39 is 0 Å². The van der Waals surface area contributed by atoms with Gasteiger partial charge in [-0.3, -0.25) is 15.1 Å². The van der Waals surface area contributed by atoms with E-state index >= 15 is 0 Å². The third kappa shape index (κ3) is 4.04. The van der Waals surface area contributed by atoms with Crippen LogP contribution in [0.15, 0.2) is 104 Å². The number of pyridine rings is 4. The lowest BCUT2D eigenvalue weighted by atomic mass is 10.1. The molecule has 8 nitrogen and oxygen atoms in total. The molecule has 8 heteroatoms. The molecular weight excluding hydrogens is 474 g/mol.